The minimum absolute atomic E-state index is 0.264. The number of carbonyl (C=O) groups is 1. The van der Waals surface area contributed by atoms with Gasteiger partial charge >= 0.3 is 0 Å². The van der Waals surface area contributed by atoms with Gasteiger partial charge in [-0.05, 0) is 55.6 Å². The van der Waals surface area contributed by atoms with Crippen LogP contribution in [-0.4, -0.2) is 10.9 Å². The Morgan fingerprint density at radius 2 is 1.95 bits per heavy atom. The molecule has 0 aliphatic carbocycles. The van der Waals surface area contributed by atoms with E-state index in [2.05, 4.69) is 42.2 Å². The summed E-state index contributed by atoms with van der Waals surface area (Å²) in [5, 5.41) is 3.28. The largest absolute Gasteiger partial charge is 0.379 e. The van der Waals surface area contributed by atoms with Gasteiger partial charge in [-0.3, -0.25) is 9.78 Å². The number of halogens is 2. The predicted octanol–water partition coefficient (Wildman–Crippen LogP) is 3.25. The van der Waals surface area contributed by atoms with E-state index in [0.717, 1.165) is 25.9 Å². The molecule has 0 atom stereocenters. The van der Waals surface area contributed by atoms with Crippen molar-refractivity contribution in [2.24, 2.45) is 5.73 Å². The molecule has 3 N–H and O–H groups in total. The lowest BCUT2D eigenvalue weighted by molar-refractivity contribution is -0.117. The minimum Gasteiger partial charge on any atom is -0.379 e. The van der Waals surface area contributed by atoms with Crippen molar-refractivity contribution < 1.29 is 4.79 Å². The summed E-state index contributed by atoms with van der Waals surface area (Å²) in [6.45, 7) is 0.614. The van der Waals surface area contributed by atoms with Crippen LogP contribution in [0.15, 0.2) is 45.5 Å². The molecule has 1 heterocycles. The van der Waals surface area contributed by atoms with E-state index < -0.39 is 0 Å². The van der Waals surface area contributed by atoms with Crippen LogP contribution in [0.1, 0.15) is 11.3 Å². The highest BCUT2D eigenvalue weighted by molar-refractivity contribution is 9.11. The van der Waals surface area contributed by atoms with Crippen LogP contribution in [0.25, 0.3) is 0 Å². The first kappa shape index (κ1) is 15.0. The van der Waals surface area contributed by atoms with Crippen molar-refractivity contribution in [3.05, 3.63) is 56.7 Å². The fraction of sp³-hybridized carbons (Fsp3) is 0.143. The van der Waals surface area contributed by atoms with Gasteiger partial charge in [-0.1, -0.05) is 12.1 Å². The molecule has 0 saturated heterocycles. The van der Waals surface area contributed by atoms with Crippen LogP contribution in [0.3, 0.4) is 0 Å². The summed E-state index contributed by atoms with van der Waals surface area (Å²) in [4.78, 5) is 15.2. The summed E-state index contributed by atoms with van der Waals surface area (Å²) < 4.78 is 1.88. The fourth-order valence-electron chi connectivity index (χ4n) is 1.70. The van der Waals surface area contributed by atoms with Crippen LogP contribution < -0.4 is 11.1 Å². The smallest absolute Gasteiger partial charge is 0.221 e. The molecule has 0 unspecified atom stereocenters. The molecule has 4 nitrogen and oxygen atoms in total. The van der Waals surface area contributed by atoms with Crippen LogP contribution in [0.2, 0.25) is 0 Å². The molecule has 1 amide bonds. The van der Waals surface area contributed by atoms with Crippen molar-refractivity contribution in [2.45, 2.75) is 13.0 Å². The number of aromatic nitrogens is 1. The first-order chi connectivity index (χ1) is 9.54. The number of pyridine rings is 1. The van der Waals surface area contributed by atoms with Gasteiger partial charge in [0.1, 0.15) is 0 Å². The summed E-state index contributed by atoms with van der Waals surface area (Å²) in [5.74, 6) is -0.325. The summed E-state index contributed by atoms with van der Waals surface area (Å²) in [5.41, 5.74) is 7.96. The van der Waals surface area contributed by atoms with E-state index in [0.29, 0.717) is 6.54 Å². The minimum atomic E-state index is -0.325. The zero-order valence-corrected chi connectivity index (χ0v) is 13.7. The predicted molar refractivity (Wildman–Crippen MR) is 86.3 cm³/mol. The summed E-state index contributed by atoms with van der Waals surface area (Å²) in [6.07, 6.45) is 2.03. The average molecular weight is 399 g/mol. The highest BCUT2D eigenvalue weighted by Crippen LogP contribution is 2.20. The molecule has 20 heavy (non-hydrogen) atoms. The molecule has 0 radical (unpaired) electrons. The molecule has 0 fully saturated rings. The van der Waals surface area contributed by atoms with Crippen molar-refractivity contribution in [1.29, 1.82) is 0 Å². The first-order valence-corrected chi connectivity index (χ1v) is 7.54. The lowest BCUT2D eigenvalue weighted by atomic mass is 10.1. The maximum atomic E-state index is 10.8. The van der Waals surface area contributed by atoms with E-state index >= 15 is 0 Å². The first-order valence-electron chi connectivity index (χ1n) is 5.95. The standard InChI is InChI=1S/C14H13Br2N3O/c15-10-6-12(16)13(19-7-10)8-18-11-3-1-9(2-4-11)5-14(17)20/h1-4,6-7,18H,5,8H2,(H2,17,20). The van der Waals surface area contributed by atoms with Crippen molar-refractivity contribution >= 4 is 43.5 Å². The Hall–Kier alpha value is -1.40. The molecule has 0 aliphatic rings. The molecule has 0 bridgehead atoms. The number of hydrogen-bond acceptors (Lipinski definition) is 3. The number of amides is 1. The van der Waals surface area contributed by atoms with Crippen molar-refractivity contribution in [1.82, 2.24) is 4.98 Å². The zero-order chi connectivity index (χ0) is 14.5. The van der Waals surface area contributed by atoms with E-state index in [4.69, 9.17) is 5.73 Å². The highest BCUT2D eigenvalue weighted by atomic mass is 79.9. The molecule has 0 aliphatic heterocycles. The molecular formula is C14H13Br2N3O. The fourth-order valence-corrected chi connectivity index (χ4v) is 2.83. The third-order valence-corrected chi connectivity index (χ3v) is 3.80. The van der Waals surface area contributed by atoms with Gasteiger partial charge in [-0.15, -0.1) is 0 Å². The third kappa shape index (κ3) is 4.31. The number of hydrogen-bond donors (Lipinski definition) is 2. The van der Waals surface area contributed by atoms with Crippen molar-refractivity contribution in [2.75, 3.05) is 5.32 Å². The quantitative estimate of drug-likeness (QED) is 0.812. The van der Waals surface area contributed by atoms with E-state index in [9.17, 15) is 4.79 Å². The summed E-state index contributed by atoms with van der Waals surface area (Å²) in [6, 6.07) is 9.57. The average Bonchev–Trinajstić information content (AvgIpc) is 2.39. The van der Waals surface area contributed by atoms with Gasteiger partial charge in [0.05, 0.1) is 18.7 Å². The number of benzene rings is 1. The zero-order valence-electron chi connectivity index (χ0n) is 10.6. The molecule has 0 spiro atoms. The van der Waals surface area contributed by atoms with Crippen LogP contribution in [-0.2, 0) is 17.8 Å². The third-order valence-electron chi connectivity index (χ3n) is 2.68. The van der Waals surface area contributed by atoms with Crippen LogP contribution in [0.5, 0.6) is 0 Å². The number of primary amides is 1. The summed E-state index contributed by atoms with van der Waals surface area (Å²) in [7, 11) is 0. The van der Waals surface area contributed by atoms with Gasteiger partial charge < -0.3 is 11.1 Å². The number of nitrogens with one attached hydrogen (secondary N) is 1. The Morgan fingerprint density at radius 3 is 2.55 bits per heavy atom. The molecule has 6 heteroatoms. The van der Waals surface area contributed by atoms with Crippen LogP contribution in [0, 0.1) is 0 Å². The topological polar surface area (TPSA) is 68.0 Å². The Morgan fingerprint density at radius 1 is 1.25 bits per heavy atom. The SMILES string of the molecule is NC(=O)Cc1ccc(NCc2ncc(Br)cc2Br)cc1. The Balaban J connectivity index is 1.98. The lowest BCUT2D eigenvalue weighted by Gasteiger charge is -2.08. The molecule has 1 aromatic heterocycles. The number of nitrogens with zero attached hydrogens (tertiary/aromatic N) is 1. The number of nitrogens with two attached hydrogens (primary N) is 1. The van der Waals surface area contributed by atoms with Gasteiger partial charge in [-0.25, -0.2) is 0 Å². The van der Waals surface area contributed by atoms with E-state index in [1.165, 1.54) is 0 Å². The van der Waals surface area contributed by atoms with E-state index in [1.807, 2.05) is 30.3 Å². The Bertz CT molecular complexity index is 614. The highest BCUT2D eigenvalue weighted by Gasteiger charge is 2.03. The lowest BCUT2D eigenvalue weighted by Crippen LogP contribution is -2.13. The van der Waals surface area contributed by atoms with E-state index in [1.54, 1.807) is 6.20 Å². The molecule has 1 aromatic carbocycles. The Labute approximate surface area is 134 Å². The van der Waals surface area contributed by atoms with Gasteiger partial charge in [0.2, 0.25) is 5.91 Å². The molecule has 2 rings (SSSR count). The van der Waals surface area contributed by atoms with E-state index in [-0.39, 0.29) is 12.3 Å². The van der Waals surface area contributed by atoms with Gasteiger partial charge in [0.25, 0.3) is 0 Å². The molecule has 104 valence electrons. The van der Waals surface area contributed by atoms with Crippen LogP contribution >= 0.6 is 31.9 Å². The molecule has 0 saturated carbocycles. The summed E-state index contributed by atoms with van der Waals surface area (Å²) >= 11 is 6.84. The second-order valence-electron chi connectivity index (χ2n) is 4.28. The normalized spacial score (nSPS) is 10.3. The van der Waals surface area contributed by atoms with Crippen molar-refractivity contribution in [3.8, 4) is 0 Å². The molecule has 2 aromatic rings. The number of anilines is 1. The van der Waals surface area contributed by atoms with Gasteiger partial charge in [0, 0.05) is 20.8 Å². The van der Waals surface area contributed by atoms with Crippen molar-refractivity contribution in [3.63, 3.8) is 0 Å². The number of carbonyl (C=O) groups excluding carboxylic acids is 1. The second-order valence-corrected chi connectivity index (χ2v) is 6.05. The van der Waals surface area contributed by atoms with Crippen LogP contribution in [0.4, 0.5) is 5.69 Å². The maximum Gasteiger partial charge on any atom is 0.221 e. The second kappa shape index (κ2) is 6.85. The Kier molecular flexibility index (Phi) is 5.14. The maximum absolute atomic E-state index is 10.8. The number of rotatable bonds is 5. The van der Waals surface area contributed by atoms with Gasteiger partial charge in [-0.2, -0.15) is 0 Å². The van der Waals surface area contributed by atoms with Gasteiger partial charge in [0.15, 0.2) is 0 Å². The molecular weight excluding hydrogens is 386 g/mol. The monoisotopic (exact) mass is 397 g/mol.